The SMILES string of the molecule is N[C@@H](CS)[C@@H](O)Cc1ccccc1. The average molecular weight is 197 g/mol. The Kier molecular flexibility index (Phi) is 4.28. The molecule has 1 rings (SSSR count). The number of thiol groups is 1. The highest BCUT2D eigenvalue weighted by Gasteiger charge is 2.12. The number of rotatable bonds is 4. The van der Waals surface area contributed by atoms with E-state index in [0.29, 0.717) is 12.2 Å². The molecule has 2 nitrogen and oxygen atoms in total. The van der Waals surface area contributed by atoms with Gasteiger partial charge in [0.05, 0.1) is 6.10 Å². The monoisotopic (exact) mass is 197 g/mol. The predicted octanol–water partition coefficient (Wildman–Crippen LogP) is 0.847. The second kappa shape index (κ2) is 5.27. The first kappa shape index (κ1) is 10.6. The van der Waals surface area contributed by atoms with E-state index in [4.69, 9.17) is 5.73 Å². The third-order valence-electron chi connectivity index (χ3n) is 1.99. The van der Waals surface area contributed by atoms with Crippen molar-refractivity contribution in [3.05, 3.63) is 35.9 Å². The lowest BCUT2D eigenvalue weighted by Gasteiger charge is -2.16. The van der Waals surface area contributed by atoms with Gasteiger partial charge < -0.3 is 10.8 Å². The molecule has 72 valence electrons. The minimum Gasteiger partial charge on any atom is -0.391 e. The summed E-state index contributed by atoms with van der Waals surface area (Å²) in [7, 11) is 0. The molecule has 2 atom stereocenters. The minimum absolute atomic E-state index is 0.247. The highest BCUT2D eigenvalue weighted by Crippen LogP contribution is 2.05. The Morgan fingerprint density at radius 1 is 1.31 bits per heavy atom. The average Bonchev–Trinajstić information content (AvgIpc) is 2.18. The zero-order valence-corrected chi connectivity index (χ0v) is 8.32. The molecule has 0 radical (unpaired) electrons. The highest BCUT2D eigenvalue weighted by atomic mass is 32.1. The van der Waals surface area contributed by atoms with E-state index in [-0.39, 0.29) is 6.04 Å². The molecule has 0 fully saturated rings. The summed E-state index contributed by atoms with van der Waals surface area (Å²) >= 11 is 4.04. The van der Waals surface area contributed by atoms with Crippen LogP contribution in [0, 0.1) is 0 Å². The fourth-order valence-corrected chi connectivity index (χ4v) is 1.37. The minimum atomic E-state index is -0.500. The quantitative estimate of drug-likeness (QED) is 0.627. The van der Waals surface area contributed by atoms with Crippen LogP contribution >= 0.6 is 12.6 Å². The van der Waals surface area contributed by atoms with E-state index in [2.05, 4.69) is 12.6 Å². The molecular formula is C10H15NOS. The van der Waals surface area contributed by atoms with Crippen molar-refractivity contribution >= 4 is 12.6 Å². The molecule has 0 aromatic heterocycles. The number of aliphatic hydroxyl groups is 1. The van der Waals surface area contributed by atoms with Crippen molar-refractivity contribution in [3.8, 4) is 0 Å². The van der Waals surface area contributed by atoms with Crippen LogP contribution in [0.25, 0.3) is 0 Å². The number of hydrogen-bond donors (Lipinski definition) is 3. The van der Waals surface area contributed by atoms with E-state index in [0.717, 1.165) is 5.56 Å². The van der Waals surface area contributed by atoms with Crippen molar-refractivity contribution < 1.29 is 5.11 Å². The number of nitrogens with two attached hydrogens (primary N) is 1. The van der Waals surface area contributed by atoms with Gasteiger partial charge in [-0.15, -0.1) is 0 Å². The molecular weight excluding hydrogens is 182 g/mol. The van der Waals surface area contributed by atoms with Gasteiger partial charge in [-0.1, -0.05) is 30.3 Å². The predicted molar refractivity (Wildman–Crippen MR) is 58.0 cm³/mol. The normalized spacial score (nSPS) is 15.3. The van der Waals surface area contributed by atoms with Crippen LogP contribution in [0.1, 0.15) is 5.56 Å². The molecule has 13 heavy (non-hydrogen) atoms. The first-order valence-corrected chi connectivity index (χ1v) is 4.95. The molecule has 0 spiro atoms. The first-order valence-electron chi connectivity index (χ1n) is 4.32. The second-order valence-electron chi connectivity index (χ2n) is 3.10. The maximum atomic E-state index is 9.60. The van der Waals surface area contributed by atoms with E-state index in [1.54, 1.807) is 0 Å². The van der Waals surface area contributed by atoms with Crippen LogP contribution in [-0.2, 0) is 6.42 Å². The molecule has 3 N–H and O–H groups in total. The molecule has 0 saturated carbocycles. The molecule has 0 aliphatic heterocycles. The van der Waals surface area contributed by atoms with Crippen molar-refractivity contribution in [1.82, 2.24) is 0 Å². The zero-order valence-electron chi connectivity index (χ0n) is 7.43. The molecule has 0 amide bonds. The summed E-state index contributed by atoms with van der Waals surface area (Å²) in [4.78, 5) is 0. The maximum Gasteiger partial charge on any atom is 0.0739 e. The van der Waals surface area contributed by atoms with E-state index in [1.165, 1.54) is 0 Å². The summed E-state index contributed by atoms with van der Waals surface area (Å²) in [6.45, 7) is 0. The van der Waals surface area contributed by atoms with Gasteiger partial charge in [-0.3, -0.25) is 0 Å². The van der Waals surface area contributed by atoms with Crippen molar-refractivity contribution in [2.75, 3.05) is 5.75 Å². The summed E-state index contributed by atoms with van der Waals surface area (Å²) in [5.41, 5.74) is 6.74. The number of benzene rings is 1. The molecule has 0 unspecified atom stereocenters. The standard InChI is InChI=1S/C10H15NOS/c11-9(7-13)10(12)6-8-4-2-1-3-5-8/h1-5,9-10,12-13H,6-7,11H2/t9-,10-/m0/s1. The van der Waals surface area contributed by atoms with E-state index >= 15 is 0 Å². The number of aliphatic hydroxyl groups excluding tert-OH is 1. The van der Waals surface area contributed by atoms with Gasteiger partial charge in [0.25, 0.3) is 0 Å². The fraction of sp³-hybridized carbons (Fsp3) is 0.400. The first-order chi connectivity index (χ1) is 6.24. The Bertz CT molecular complexity index is 240. The molecule has 0 heterocycles. The van der Waals surface area contributed by atoms with E-state index in [9.17, 15) is 5.11 Å². The molecule has 0 saturated heterocycles. The van der Waals surface area contributed by atoms with Gasteiger partial charge in [0, 0.05) is 11.8 Å². The van der Waals surface area contributed by atoms with Crippen LogP contribution in [0.15, 0.2) is 30.3 Å². The summed E-state index contributed by atoms with van der Waals surface area (Å²) < 4.78 is 0. The largest absolute Gasteiger partial charge is 0.391 e. The van der Waals surface area contributed by atoms with Crippen LogP contribution in [-0.4, -0.2) is 23.0 Å². The topological polar surface area (TPSA) is 46.2 Å². The smallest absolute Gasteiger partial charge is 0.0739 e. The van der Waals surface area contributed by atoms with Gasteiger partial charge in [-0.2, -0.15) is 12.6 Å². The zero-order chi connectivity index (χ0) is 9.68. The van der Waals surface area contributed by atoms with Gasteiger partial charge >= 0.3 is 0 Å². The van der Waals surface area contributed by atoms with Crippen molar-refractivity contribution in [2.24, 2.45) is 5.73 Å². The lowest BCUT2D eigenvalue weighted by atomic mass is 10.0. The third kappa shape index (κ3) is 3.38. The Morgan fingerprint density at radius 3 is 2.46 bits per heavy atom. The van der Waals surface area contributed by atoms with Crippen LogP contribution in [0.5, 0.6) is 0 Å². The Hall–Kier alpha value is -0.510. The summed E-state index contributed by atoms with van der Waals surface area (Å²) in [6, 6.07) is 9.57. The molecule has 0 bridgehead atoms. The van der Waals surface area contributed by atoms with Gasteiger partial charge in [0.1, 0.15) is 0 Å². The van der Waals surface area contributed by atoms with Gasteiger partial charge in [-0.05, 0) is 12.0 Å². The second-order valence-corrected chi connectivity index (χ2v) is 3.47. The lowest BCUT2D eigenvalue weighted by Crippen LogP contribution is -2.37. The Balaban J connectivity index is 2.50. The van der Waals surface area contributed by atoms with Crippen LogP contribution in [0.2, 0.25) is 0 Å². The van der Waals surface area contributed by atoms with Crippen LogP contribution in [0.4, 0.5) is 0 Å². The lowest BCUT2D eigenvalue weighted by molar-refractivity contribution is 0.153. The van der Waals surface area contributed by atoms with E-state index in [1.807, 2.05) is 30.3 Å². The summed E-state index contributed by atoms with van der Waals surface area (Å²) in [6.07, 6.45) is 0.0997. The van der Waals surface area contributed by atoms with Gasteiger partial charge in [0.15, 0.2) is 0 Å². The fourth-order valence-electron chi connectivity index (χ4n) is 1.13. The van der Waals surface area contributed by atoms with Crippen LogP contribution in [0.3, 0.4) is 0 Å². The van der Waals surface area contributed by atoms with Crippen molar-refractivity contribution in [3.63, 3.8) is 0 Å². The number of hydrogen-bond acceptors (Lipinski definition) is 3. The molecule has 0 aliphatic carbocycles. The Morgan fingerprint density at radius 2 is 1.92 bits per heavy atom. The summed E-state index contributed by atoms with van der Waals surface area (Å²) in [5, 5.41) is 9.60. The molecule has 3 heteroatoms. The van der Waals surface area contributed by atoms with Gasteiger partial charge in [-0.25, -0.2) is 0 Å². The molecule has 1 aromatic rings. The van der Waals surface area contributed by atoms with Crippen molar-refractivity contribution in [2.45, 2.75) is 18.6 Å². The highest BCUT2D eigenvalue weighted by molar-refractivity contribution is 7.80. The van der Waals surface area contributed by atoms with Crippen LogP contribution < -0.4 is 5.73 Å². The Labute approximate surface area is 84.2 Å². The van der Waals surface area contributed by atoms with Gasteiger partial charge in [0.2, 0.25) is 0 Å². The third-order valence-corrected chi connectivity index (χ3v) is 2.41. The van der Waals surface area contributed by atoms with E-state index < -0.39 is 6.10 Å². The molecule has 1 aromatic carbocycles. The van der Waals surface area contributed by atoms with Crippen molar-refractivity contribution in [1.29, 1.82) is 0 Å². The maximum absolute atomic E-state index is 9.60. The summed E-state index contributed by atoms with van der Waals surface area (Å²) in [5.74, 6) is 0.508. The molecule has 0 aliphatic rings.